The van der Waals surface area contributed by atoms with Gasteiger partial charge in [-0.15, -0.1) is 0 Å². The molecule has 1 amide bonds. The fourth-order valence-electron chi connectivity index (χ4n) is 2.52. The van der Waals surface area contributed by atoms with Crippen LogP contribution in [-0.2, 0) is 14.6 Å². The van der Waals surface area contributed by atoms with Crippen LogP contribution < -0.4 is 11.1 Å². The fraction of sp³-hybridized carbons (Fsp3) is 0.917. The summed E-state index contributed by atoms with van der Waals surface area (Å²) in [6.07, 6.45) is 1.21. The Balaban J connectivity index is 2.68. The highest BCUT2D eigenvalue weighted by molar-refractivity contribution is 7.91. The van der Waals surface area contributed by atoms with Crippen LogP contribution in [0.15, 0.2) is 0 Å². The van der Waals surface area contributed by atoms with Crippen LogP contribution in [-0.4, -0.2) is 62.4 Å². The van der Waals surface area contributed by atoms with Crippen molar-refractivity contribution < 1.29 is 13.2 Å². The first-order valence-electron chi connectivity index (χ1n) is 6.52. The van der Waals surface area contributed by atoms with Crippen LogP contribution in [0.1, 0.15) is 26.7 Å². The van der Waals surface area contributed by atoms with Crippen LogP contribution in [0.2, 0.25) is 0 Å². The Morgan fingerprint density at radius 2 is 2.16 bits per heavy atom. The molecule has 0 aromatic rings. The molecular weight excluding hydrogens is 266 g/mol. The lowest BCUT2D eigenvalue weighted by atomic mass is 9.92. The van der Waals surface area contributed by atoms with Crippen molar-refractivity contribution in [2.24, 2.45) is 5.73 Å². The summed E-state index contributed by atoms with van der Waals surface area (Å²) < 4.78 is 23.0. The Morgan fingerprint density at radius 1 is 1.58 bits per heavy atom. The van der Waals surface area contributed by atoms with Crippen LogP contribution in [0, 0.1) is 0 Å². The summed E-state index contributed by atoms with van der Waals surface area (Å²) in [4.78, 5) is 13.5. The third kappa shape index (κ3) is 3.90. The van der Waals surface area contributed by atoms with Gasteiger partial charge in [-0.05, 0) is 40.8 Å². The van der Waals surface area contributed by atoms with Gasteiger partial charge in [0.05, 0.1) is 17.0 Å². The molecule has 1 aliphatic rings. The standard InChI is InChI=1S/C12H25N3O3S/c1-9(7-12(2,14-3)11(13)16)15(4)10-5-6-19(17,18)8-10/h9-10,14H,5-8H2,1-4H3,(H2,13,16). The van der Waals surface area contributed by atoms with E-state index in [1.54, 1.807) is 14.0 Å². The molecule has 112 valence electrons. The van der Waals surface area contributed by atoms with Gasteiger partial charge in [0.15, 0.2) is 9.84 Å². The molecule has 3 N–H and O–H groups in total. The molecule has 0 aliphatic carbocycles. The Morgan fingerprint density at radius 3 is 2.53 bits per heavy atom. The van der Waals surface area contributed by atoms with Crippen molar-refractivity contribution in [3.63, 3.8) is 0 Å². The molecule has 1 heterocycles. The zero-order valence-corrected chi connectivity index (χ0v) is 13.0. The van der Waals surface area contributed by atoms with Gasteiger partial charge in [-0.1, -0.05) is 0 Å². The average Bonchev–Trinajstić information content (AvgIpc) is 2.68. The van der Waals surface area contributed by atoms with Crippen molar-refractivity contribution in [1.82, 2.24) is 10.2 Å². The summed E-state index contributed by atoms with van der Waals surface area (Å²) in [5, 5.41) is 2.95. The second-order valence-corrected chi connectivity index (χ2v) is 7.95. The highest BCUT2D eigenvalue weighted by atomic mass is 32.2. The second kappa shape index (κ2) is 5.76. The Labute approximate surface area is 115 Å². The summed E-state index contributed by atoms with van der Waals surface area (Å²) in [5.41, 5.74) is 4.64. The van der Waals surface area contributed by atoms with Gasteiger partial charge >= 0.3 is 0 Å². The number of carbonyl (C=O) groups is 1. The monoisotopic (exact) mass is 291 g/mol. The lowest BCUT2D eigenvalue weighted by Gasteiger charge is -2.35. The number of rotatable bonds is 6. The van der Waals surface area contributed by atoms with Gasteiger partial charge in [-0.25, -0.2) is 8.42 Å². The lowest BCUT2D eigenvalue weighted by Crippen LogP contribution is -2.55. The van der Waals surface area contributed by atoms with Crippen molar-refractivity contribution in [2.45, 2.75) is 44.3 Å². The van der Waals surface area contributed by atoms with Gasteiger partial charge < -0.3 is 11.1 Å². The lowest BCUT2D eigenvalue weighted by molar-refractivity contribution is -0.124. The van der Waals surface area contributed by atoms with Crippen molar-refractivity contribution >= 4 is 15.7 Å². The van der Waals surface area contributed by atoms with E-state index in [4.69, 9.17) is 5.73 Å². The minimum atomic E-state index is -2.89. The molecular formula is C12H25N3O3S. The Bertz CT molecular complexity index is 438. The molecule has 0 spiro atoms. The van der Waals surface area contributed by atoms with E-state index in [1.165, 1.54) is 0 Å². The van der Waals surface area contributed by atoms with E-state index in [0.29, 0.717) is 12.8 Å². The Hall–Kier alpha value is -0.660. The highest BCUT2D eigenvalue weighted by Gasteiger charge is 2.36. The first-order chi connectivity index (χ1) is 8.61. The van der Waals surface area contributed by atoms with Crippen LogP contribution in [0.25, 0.3) is 0 Å². The summed E-state index contributed by atoms with van der Waals surface area (Å²) in [6, 6.07) is 0.109. The topological polar surface area (TPSA) is 92.5 Å². The largest absolute Gasteiger partial charge is 0.368 e. The second-order valence-electron chi connectivity index (χ2n) is 5.72. The highest BCUT2D eigenvalue weighted by Crippen LogP contribution is 2.22. The number of amides is 1. The van der Waals surface area contributed by atoms with Crippen molar-refractivity contribution in [3.8, 4) is 0 Å². The molecule has 1 aliphatic heterocycles. The van der Waals surface area contributed by atoms with Crippen LogP contribution in [0.5, 0.6) is 0 Å². The van der Waals surface area contributed by atoms with Crippen molar-refractivity contribution in [3.05, 3.63) is 0 Å². The number of carbonyl (C=O) groups excluding carboxylic acids is 1. The minimum Gasteiger partial charge on any atom is -0.368 e. The molecule has 0 aromatic heterocycles. The third-order valence-electron chi connectivity index (χ3n) is 4.28. The maximum absolute atomic E-state index is 11.5. The zero-order valence-electron chi connectivity index (χ0n) is 12.1. The molecule has 1 saturated heterocycles. The Kier molecular flexibility index (Phi) is 4.97. The molecule has 19 heavy (non-hydrogen) atoms. The molecule has 3 atom stereocenters. The van der Waals surface area contributed by atoms with E-state index in [9.17, 15) is 13.2 Å². The maximum atomic E-state index is 11.5. The first kappa shape index (κ1) is 16.4. The van der Waals surface area contributed by atoms with E-state index >= 15 is 0 Å². The predicted molar refractivity (Wildman–Crippen MR) is 75.6 cm³/mol. The summed E-state index contributed by atoms with van der Waals surface area (Å²) >= 11 is 0. The van der Waals surface area contributed by atoms with Crippen LogP contribution in [0.3, 0.4) is 0 Å². The smallest absolute Gasteiger partial charge is 0.237 e. The molecule has 0 bridgehead atoms. The van der Waals surface area contributed by atoms with Crippen LogP contribution >= 0.6 is 0 Å². The first-order valence-corrected chi connectivity index (χ1v) is 8.34. The summed E-state index contributed by atoms with van der Waals surface area (Å²) in [6.45, 7) is 3.76. The SMILES string of the molecule is CNC(C)(CC(C)N(C)C1CCS(=O)(=O)C1)C(N)=O. The number of sulfone groups is 1. The molecule has 7 heteroatoms. The average molecular weight is 291 g/mol. The van der Waals surface area contributed by atoms with E-state index in [2.05, 4.69) is 5.32 Å². The van der Waals surface area contributed by atoms with E-state index in [-0.39, 0.29) is 23.6 Å². The minimum absolute atomic E-state index is 0.0361. The number of hydrogen-bond donors (Lipinski definition) is 2. The molecule has 0 radical (unpaired) electrons. The molecule has 1 fully saturated rings. The fourth-order valence-corrected chi connectivity index (χ4v) is 4.30. The molecule has 0 saturated carbocycles. The van der Waals surface area contributed by atoms with Crippen molar-refractivity contribution in [1.29, 1.82) is 0 Å². The quantitative estimate of drug-likeness (QED) is 0.678. The molecule has 3 unspecified atom stereocenters. The van der Waals surface area contributed by atoms with Gasteiger partial charge in [-0.3, -0.25) is 9.69 Å². The molecule has 6 nitrogen and oxygen atoms in total. The van der Waals surface area contributed by atoms with E-state index in [1.807, 2.05) is 18.9 Å². The molecule has 1 rings (SSSR count). The van der Waals surface area contributed by atoms with Gasteiger partial charge in [0.25, 0.3) is 0 Å². The number of nitrogens with zero attached hydrogens (tertiary/aromatic N) is 1. The summed E-state index contributed by atoms with van der Waals surface area (Å²) in [5.74, 6) is 0.0726. The number of primary amides is 1. The van der Waals surface area contributed by atoms with E-state index < -0.39 is 21.3 Å². The number of nitrogens with two attached hydrogens (primary N) is 1. The van der Waals surface area contributed by atoms with Gasteiger partial charge in [0.2, 0.25) is 5.91 Å². The normalized spacial score (nSPS) is 27.1. The van der Waals surface area contributed by atoms with E-state index in [0.717, 1.165) is 0 Å². The predicted octanol–water partition coefficient (Wildman–Crippen LogP) is -0.653. The number of likely N-dealkylation sites (N-methyl/N-ethyl adjacent to an activating group) is 1. The molecule has 0 aromatic carbocycles. The third-order valence-corrected chi connectivity index (χ3v) is 6.03. The maximum Gasteiger partial charge on any atom is 0.237 e. The number of nitrogens with one attached hydrogen (secondary N) is 1. The van der Waals surface area contributed by atoms with Gasteiger partial charge in [0, 0.05) is 12.1 Å². The van der Waals surface area contributed by atoms with Crippen LogP contribution in [0.4, 0.5) is 0 Å². The van der Waals surface area contributed by atoms with Gasteiger partial charge in [0.1, 0.15) is 0 Å². The van der Waals surface area contributed by atoms with Crippen molar-refractivity contribution in [2.75, 3.05) is 25.6 Å². The number of hydrogen-bond acceptors (Lipinski definition) is 5. The summed E-state index contributed by atoms with van der Waals surface area (Å²) in [7, 11) is 0.727. The zero-order chi connectivity index (χ0) is 14.8. The van der Waals surface area contributed by atoms with Gasteiger partial charge in [-0.2, -0.15) is 0 Å².